The summed E-state index contributed by atoms with van der Waals surface area (Å²) in [6.45, 7) is 2.52. The van der Waals surface area contributed by atoms with Gasteiger partial charge in [-0.2, -0.15) is 0 Å². The molecule has 2 amide bonds. The molecule has 0 bridgehead atoms. The van der Waals surface area contributed by atoms with Crippen molar-refractivity contribution in [1.82, 2.24) is 15.4 Å². The molecule has 1 fully saturated rings. The number of benzene rings is 1. The number of hydrogen-bond donors (Lipinski definition) is 1. The maximum atomic E-state index is 12.9. The molecule has 1 atom stereocenters. The number of carbonyl (C=O) groups is 2. The molecule has 0 aliphatic carbocycles. The summed E-state index contributed by atoms with van der Waals surface area (Å²) < 4.78 is 17.9. The van der Waals surface area contributed by atoms with E-state index < -0.39 is 6.04 Å². The van der Waals surface area contributed by atoms with Crippen LogP contribution in [0.1, 0.15) is 41.1 Å². The van der Waals surface area contributed by atoms with E-state index in [2.05, 4.69) is 10.5 Å². The van der Waals surface area contributed by atoms with Crippen LogP contribution in [-0.4, -0.2) is 34.5 Å². The van der Waals surface area contributed by atoms with E-state index in [1.54, 1.807) is 30.0 Å². The first-order valence-electron chi connectivity index (χ1n) is 8.31. The highest BCUT2D eigenvalue weighted by Gasteiger charge is 2.33. The Hall–Kier alpha value is -2.70. The van der Waals surface area contributed by atoms with E-state index in [4.69, 9.17) is 4.52 Å². The van der Waals surface area contributed by atoms with Gasteiger partial charge in [-0.3, -0.25) is 9.59 Å². The van der Waals surface area contributed by atoms with Crippen LogP contribution in [0.3, 0.4) is 0 Å². The molecular formula is C18H20FN3O3. The molecule has 1 saturated heterocycles. The van der Waals surface area contributed by atoms with E-state index >= 15 is 0 Å². The quantitative estimate of drug-likeness (QED) is 0.923. The highest BCUT2D eigenvalue weighted by Crippen LogP contribution is 2.20. The SMILES string of the molecule is Cc1cc(C(=O)N2CCCC[C@H]2C(=O)NCc2ccc(F)cc2)no1. The van der Waals surface area contributed by atoms with Crippen molar-refractivity contribution in [1.29, 1.82) is 0 Å². The molecule has 0 spiro atoms. The maximum Gasteiger partial charge on any atom is 0.276 e. The van der Waals surface area contributed by atoms with E-state index in [1.807, 2.05) is 0 Å². The van der Waals surface area contributed by atoms with Gasteiger partial charge >= 0.3 is 0 Å². The lowest BCUT2D eigenvalue weighted by Gasteiger charge is -2.34. The number of likely N-dealkylation sites (tertiary alicyclic amines) is 1. The van der Waals surface area contributed by atoms with Crippen LogP contribution in [0.2, 0.25) is 0 Å². The molecule has 6 nitrogen and oxygen atoms in total. The second kappa shape index (κ2) is 7.46. The van der Waals surface area contributed by atoms with E-state index in [0.717, 1.165) is 18.4 Å². The number of aryl methyl sites for hydroxylation is 1. The van der Waals surface area contributed by atoms with Crippen molar-refractivity contribution in [2.75, 3.05) is 6.54 Å². The van der Waals surface area contributed by atoms with E-state index in [1.165, 1.54) is 12.1 Å². The van der Waals surface area contributed by atoms with Gasteiger partial charge in [0, 0.05) is 19.2 Å². The first-order valence-corrected chi connectivity index (χ1v) is 8.31. The predicted molar refractivity (Wildman–Crippen MR) is 88.2 cm³/mol. The Labute approximate surface area is 145 Å². The molecule has 7 heteroatoms. The topological polar surface area (TPSA) is 75.4 Å². The lowest BCUT2D eigenvalue weighted by molar-refractivity contribution is -0.126. The number of piperidine rings is 1. The number of carbonyl (C=O) groups excluding carboxylic acids is 2. The zero-order chi connectivity index (χ0) is 17.8. The minimum absolute atomic E-state index is 0.211. The summed E-state index contributed by atoms with van der Waals surface area (Å²) >= 11 is 0. The van der Waals surface area contributed by atoms with Crippen molar-refractivity contribution < 1.29 is 18.5 Å². The molecule has 3 rings (SSSR count). The molecule has 2 aromatic rings. The van der Waals surface area contributed by atoms with Crippen molar-refractivity contribution in [2.24, 2.45) is 0 Å². The molecule has 1 aliphatic heterocycles. The fourth-order valence-corrected chi connectivity index (χ4v) is 2.97. The Balaban J connectivity index is 1.66. The van der Waals surface area contributed by atoms with Gasteiger partial charge in [-0.1, -0.05) is 17.3 Å². The average molecular weight is 345 g/mol. The van der Waals surface area contributed by atoms with Gasteiger partial charge in [-0.05, 0) is 43.9 Å². The fraction of sp³-hybridized carbons (Fsp3) is 0.389. The standard InChI is InChI=1S/C18H20FN3O3/c1-12-10-15(21-25-12)18(24)22-9-3-2-4-16(22)17(23)20-11-13-5-7-14(19)8-6-13/h5-8,10,16H,2-4,9,11H2,1H3,(H,20,23)/t16-/m0/s1. The van der Waals surface area contributed by atoms with E-state index in [0.29, 0.717) is 25.3 Å². The molecular weight excluding hydrogens is 325 g/mol. The monoisotopic (exact) mass is 345 g/mol. The Kier molecular flexibility index (Phi) is 5.11. The van der Waals surface area contributed by atoms with Gasteiger partial charge in [-0.25, -0.2) is 4.39 Å². The van der Waals surface area contributed by atoms with Gasteiger partial charge in [-0.15, -0.1) is 0 Å². The van der Waals surface area contributed by atoms with Gasteiger partial charge in [0.1, 0.15) is 17.6 Å². The van der Waals surface area contributed by atoms with Gasteiger partial charge in [0.25, 0.3) is 5.91 Å². The second-order valence-electron chi connectivity index (χ2n) is 6.18. The summed E-state index contributed by atoms with van der Waals surface area (Å²) in [6.07, 6.45) is 2.35. The summed E-state index contributed by atoms with van der Waals surface area (Å²) in [7, 11) is 0. The lowest BCUT2D eigenvalue weighted by Crippen LogP contribution is -2.51. The van der Waals surface area contributed by atoms with Crippen LogP contribution in [0.4, 0.5) is 4.39 Å². The lowest BCUT2D eigenvalue weighted by atomic mass is 10.0. The first-order chi connectivity index (χ1) is 12.0. The minimum atomic E-state index is -0.529. The van der Waals surface area contributed by atoms with Crippen LogP contribution in [0.5, 0.6) is 0 Å². The molecule has 1 N–H and O–H groups in total. The minimum Gasteiger partial charge on any atom is -0.361 e. The Morgan fingerprint density at radius 2 is 2.08 bits per heavy atom. The number of nitrogens with one attached hydrogen (secondary N) is 1. The molecule has 25 heavy (non-hydrogen) atoms. The van der Waals surface area contributed by atoms with Crippen molar-refractivity contribution >= 4 is 11.8 Å². The molecule has 0 saturated carbocycles. The summed E-state index contributed by atoms with van der Waals surface area (Å²) in [4.78, 5) is 26.7. The van der Waals surface area contributed by atoms with Crippen molar-refractivity contribution in [3.63, 3.8) is 0 Å². The second-order valence-corrected chi connectivity index (χ2v) is 6.18. The molecule has 1 aliphatic rings. The predicted octanol–water partition coefficient (Wildman–Crippen LogP) is 2.43. The van der Waals surface area contributed by atoms with Crippen molar-refractivity contribution in [3.8, 4) is 0 Å². The Morgan fingerprint density at radius 1 is 1.32 bits per heavy atom. The third-order valence-electron chi connectivity index (χ3n) is 4.29. The molecule has 0 radical (unpaired) electrons. The number of hydrogen-bond acceptors (Lipinski definition) is 4. The zero-order valence-electron chi connectivity index (χ0n) is 14.0. The number of nitrogens with zero attached hydrogens (tertiary/aromatic N) is 2. The van der Waals surface area contributed by atoms with Crippen LogP contribution in [0.15, 0.2) is 34.9 Å². The van der Waals surface area contributed by atoms with Gasteiger partial charge < -0.3 is 14.7 Å². The number of halogens is 1. The maximum absolute atomic E-state index is 12.9. The summed E-state index contributed by atoms with van der Waals surface area (Å²) in [5.41, 5.74) is 1.02. The van der Waals surface area contributed by atoms with E-state index in [-0.39, 0.29) is 23.3 Å². The zero-order valence-corrected chi connectivity index (χ0v) is 14.0. The first kappa shape index (κ1) is 17.1. The summed E-state index contributed by atoms with van der Waals surface area (Å²) in [5, 5.41) is 6.58. The summed E-state index contributed by atoms with van der Waals surface area (Å²) in [6, 6.07) is 6.99. The van der Waals surface area contributed by atoms with Gasteiger partial charge in [0.15, 0.2) is 5.69 Å². The van der Waals surface area contributed by atoms with Gasteiger partial charge in [0.05, 0.1) is 0 Å². The normalized spacial score (nSPS) is 17.4. The van der Waals surface area contributed by atoms with Crippen LogP contribution >= 0.6 is 0 Å². The third-order valence-corrected chi connectivity index (χ3v) is 4.29. The third kappa shape index (κ3) is 4.04. The smallest absolute Gasteiger partial charge is 0.276 e. The highest BCUT2D eigenvalue weighted by molar-refractivity contribution is 5.96. The average Bonchev–Trinajstić information content (AvgIpc) is 3.07. The highest BCUT2D eigenvalue weighted by atomic mass is 19.1. The van der Waals surface area contributed by atoms with Crippen LogP contribution in [-0.2, 0) is 11.3 Å². The van der Waals surface area contributed by atoms with Crippen molar-refractivity contribution in [3.05, 3.63) is 53.2 Å². The summed E-state index contributed by atoms with van der Waals surface area (Å²) in [5.74, 6) is -0.268. The van der Waals surface area contributed by atoms with E-state index in [9.17, 15) is 14.0 Å². The Bertz CT molecular complexity index is 757. The van der Waals surface area contributed by atoms with Crippen molar-refractivity contribution in [2.45, 2.75) is 38.8 Å². The molecule has 132 valence electrons. The number of amides is 2. The van der Waals surface area contributed by atoms with Crippen LogP contribution in [0.25, 0.3) is 0 Å². The largest absolute Gasteiger partial charge is 0.361 e. The molecule has 2 heterocycles. The molecule has 1 aromatic heterocycles. The van der Waals surface area contributed by atoms with Crippen LogP contribution in [0, 0.1) is 12.7 Å². The molecule has 0 unspecified atom stereocenters. The van der Waals surface area contributed by atoms with Crippen LogP contribution < -0.4 is 5.32 Å². The van der Waals surface area contributed by atoms with Gasteiger partial charge in [0.2, 0.25) is 5.91 Å². The fourth-order valence-electron chi connectivity index (χ4n) is 2.97. The number of aromatic nitrogens is 1. The number of rotatable bonds is 4. The Morgan fingerprint density at radius 3 is 2.76 bits per heavy atom. The molecule has 1 aromatic carbocycles.